The van der Waals surface area contributed by atoms with E-state index in [1.807, 2.05) is 6.08 Å². The van der Waals surface area contributed by atoms with Crippen molar-refractivity contribution in [1.82, 2.24) is 0 Å². The van der Waals surface area contributed by atoms with Crippen LogP contribution in [0.3, 0.4) is 0 Å². The Bertz CT molecular complexity index is 574. The van der Waals surface area contributed by atoms with Crippen molar-refractivity contribution in [2.75, 3.05) is 0 Å². The Morgan fingerprint density at radius 2 is 1.74 bits per heavy atom. The lowest BCUT2D eigenvalue weighted by molar-refractivity contribution is -0.595. The fourth-order valence-electron chi connectivity index (χ4n) is 2.09. The molecule has 0 bridgehead atoms. The topological polar surface area (TPSA) is 3.88 Å². The lowest BCUT2D eigenvalue weighted by Crippen LogP contribution is -2.29. The molecule has 1 aromatic carbocycles. The van der Waals surface area contributed by atoms with Crippen LogP contribution in [0.15, 0.2) is 67.5 Å². The van der Waals surface area contributed by atoms with Crippen LogP contribution in [0.5, 0.6) is 0 Å². The van der Waals surface area contributed by atoms with E-state index < -0.39 is 0 Å². The summed E-state index contributed by atoms with van der Waals surface area (Å²) in [5.74, 6) is 0. The van der Waals surface area contributed by atoms with Gasteiger partial charge in [-0.25, -0.2) is 0 Å². The highest BCUT2D eigenvalue weighted by Crippen LogP contribution is 2.16. The molecular formula is C18H20N+. The molecule has 0 aliphatic rings. The molecule has 2 aromatic rings. The van der Waals surface area contributed by atoms with Crippen LogP contribution in [-0.2, 0) is 0 Å². The molecule has 0 radical (unpaired) electrons. The van der Waals surface area contributed by atoms with Gasteiger partial charge in [0.2, 0.25) is 5.69 Å². The van der Waals surface area contributed by atoms with Gasteiger partial charge in [-0.2, -0.15) is 4.57 Å². The Labute approximate surface area is 115 Å². The molecule has 0 saturated carbocycles. The molecule has 0 amide bonds. The van der Waals surface area contributed by atoms with Gasteiger partial charge in [-0.1, -0.05) is 43.4 Å². The van der Waals surface area contributed by atoms with Gasteiger partial charge in [0.05, 0.1) is 0 Å². The maximum absolute atomic E-state index is 3.77. The molecule has 1 aromatic heterocycles. The van der Waals surface area contributed by atoms with Gasteiger partial charge in [0.15, 0.2) is 12.4 Å². The highest BCUT2D eigenvalue weighted by atomic mass is 14.9. The minimum absolute atomic E-state index is 1.01. The van der Waals surface area contributed by atoms with Crippen LogP contribution in [0.2, 0.25) is 0 Å². The summed E-state index contributed by atoms with van der Waals surface area (Å²) in [5, 5.41) is 0. The van der Waals surface area contributed by atoms with E-state index in [9.17, 15) is 0 Å². The quantitative estimate of drug-likeness (QED) is 0.564. The number of nitrogens with zero attached hydrogens (tertiary/aromatic N) is 1. The second-order valence-electron chi connectivity index (χ2n) is 4.61. The first-order valence-electron chi connectivity index (χ1n) is 6.65. The van der Waals surface area contributed by atoms with Gasteiger partial charge in [0.25, 0.3) is 0 Å². The largest absolute Gasteiger partial charge is 0.210 e. The summed E-state index contributed by atoms with van der Waals surface area (Å²) < 4.78 is 2.13. The fraction of sp³-hybridized carbons (Fsp3) is 0.167. The summed E-state index contributed by atoms with van der Waals surface area (Å²) in [5.41, 5.74) is 5.03. The van der Waals surface area contributed by atoms with Crippen LogP contribution in [0.4, 0.5) is 0 Å². The van der Waals surface area contributed by atoms with E-state index in [0.717, 1.165) is 6.42 Å². The number of aromatic nitrogens is 1. The summed E-state index contributed by atoms with van der Waals surface area (Å²) in [4.78, 5) is 0. The monoisotopic (exact) mass is 250 g/mol. The van der Waals surface area contributed by atoms with Crippen molar-refractivity contribution >= 4 is 5.57 Å². The lowest BCUT2D eigenvalue weighted by Gasteiger charge is -2.03. The van der Waals surface area contributed by atoms with Gasteiger partial charge >= 0.3 is 0 Å². The zero-order chi connectivity index (χ0) is 13.7. The Morgan fingerprint density at radius 3 is 2.26 bits per heavy atom. The summed E-state index contributed by atoms with van der Waals surface area (Å²) in [6, 6.07) is 12.8. The predicted octanol–water partition coefficient (Wildman–Crippen LogP) is 4.25. The lowest BCUT2D eigenvalue weighted by atomic mass is 10.0. The minimum Gasteiger partial charge on any atom is -0.167 e. The molecule has 0 saturated heterocycles. The molecule has 1 heterocycles. The van der Waals surface area contributed by atoms with Crippen molar-refractivity contribution in [3.05, 3.63) is 78.6 Å². The molecule has 0 atom stereocenters. The average molecular weight is 250 g/mol. The molecular weight excluding hydrogens is 230 g/mol. The average Bonchev–Trinajstić information content (AvgIpc) is 2.46. The number of benzene rings is 1. The van der Waals surface area contributed by atoms with E-state index in [2.05, 4.69) is 79.9 Å². The van der Waals surface area contributed by atoms with Crippen molar-refractivity contribution in [2.24, 2.45) is 0 Å². The second kappa shape index (κ2) is 6.14. The Morgan fingerprint density at radius 1 is 1.11 bits per heavy atom. The fourth-order valence-corrected chi connectivity index (χ4v) is 2.09. The number of rotatable bonds is 4. The van der Waals surface area contributed by atoms with Gasteiger partial charge in [-0.3, -0.25) is 0 Å². The molecule has 1 nitrogen and oxygen atoms in total. The van der Waals surface area contributed by atoms with E-state index in [0.29, 0.717) is 0 Å². The summed E-state index contributed by atoms with van der Waals surface area (Å²) in [7, 11) is 0. The van der Waals surface area contributed by atoms with E-state index in [-0.39, 0.29) is 0 Å². The molecule has 0 N–H and O–H groups in total. The van der Waals surface area contributed by atoms with E-state index >= 15 is 0 Å². The molecule has 96 valence electrons. The molecule has 0 unspecified atom stereocenters. The summed E-state index contributed by atoms with van der Waals surface area (Å²) in [6.07, 6.45) is 9.14. The number of hydrogen-bond donors (Lipinski definition) is 0. The van der Waals surface area contributed by atoms with Crippen LogP contribution < -0.4 is 4.57 Å². The molecule has 0 fully saturated rings. The van der Waals surface area contributed by atoms with Crippen LogP contribution in [-0.4, -0.2) is 0 Å². The van der Waals surface area contributed by atoms with Crippen LogP contribution in [0, 0.1) is 6.92 Å². The van der Waals surface area contributed by atoms with Gasteiger partial charge in [0, 0.05) is 24.3 Å². The smallest absolute Gasteiger partial charge is 0.167 e. The molecule has 1 heteroatoms. The van der Waals surface area contributed by atoms with Crippen LogP contribution >= 0.6 is 0 Å². The number of hydrogen-bond acceptors (Lipinski definition) is 0. The maximum Gasteiger partial charge on any atom is 0.210 e. The van der Waals surface area contributed by atoms with Crippen LogP contribution in [0.1, 0.15) is 24.5 Å². The van der Waals surface area contributed by atoms with Crippen molar-refractivity contribution in [3.63, 3.8) is 0 Å². The van der Waals surface area contributed by atoms with Crippen molar-refractivity contribution in [2.45, 2.75) is 20.3 Å². The van der Waals surface area contributed by atoms with Gasteiger partial charge in [-0.15, -0.1) is 0 Å². The molecule has 19 heavy (non-hydrogen) atoms. The van der Waals surface area contributed by atoms with Crippen LogP contribution in [0.25, 0.3) is 11.3 Å². The first kappa shape index (κ1) is 13.3. The molecule has 2 rings (SSSR count). The number of aryl methyl sites for hydroxylation is 1. The molecule has 0 spiro atoms. The SMILES string of the molecule is C=C/C=C(\CC)c1cc[n+](-c2ccc(C)cc2)cc1. The normalized spacial score (nSPS) is 11.4. The first-order valence-corrected chi connectivity index (χ1v) is 6.65. The standard InChI is InChI=1S/C18H20N/c1-4-6-16(5-2)17-11-13-19(14-12-17)18-9-7-15(3)8-10-18/h4,6-14H,1,5H2,2-3H3/q+1/b16-6+. The predicted molar refractivity (Wildman–Crippen MR) is 81.2 cm³/mol. The molecule has 0 aliphatic carbocycles. The van der Waals surface area contributed by atoms with E-state index in [1.165, 1.54) is 22.4 Å². The zero-order valence-electron chi connectivity index (χ0n) is 11.6. The van der Waals surface area contributed by atoms with Crippen molar-refractivity contribution in [3.8, 4) is 5.69 Å². The van der Waals surface area contributed by atoms with Crippen molar-refractivity contribution in [1.29, 1.82) is 0 Å². The highest BCUT2D eigenvalue weighted by molar-refractivity contribution is 5.66. The number of allylic oxidation sites excluding steroid dienone is 3. The minimum atomic E-state index is 1.01. The summed E-state index contributed by atoms with van der Waals surface area (Å²) in [6.45, 7) is 8.03. The number of pyridine rings is 1. The van der Waals surface area contributed by atoms with Crippen molar-refractivity contribution < 1.29 is 4.57 Å². The maximum atomic E-state index is 3.77. The van der Waals surface area contributed by atoms with Gasteiger partial charge in [-0.05, 0) is 24.5 Å². The third-order valence-electron chi connectivity index (χ3n) is 3.23. The highest BCUT2D eigenvalue weighted by Gasteiger charge is 2.06. The second-order valence-corrected chi connectivity index (χ2v) is 4.61. The van der Waals surface area contributed by atoms with E-state index in [1.54, 1.807) is 0 Å². The Kier molecular flexibility index (Phi) is 4.30. The zero-order valence-corrected chi connectivity index (χ0v) is 11.6. The van der Waals surface area contributed by atoms with Gasteiger partial charge < -0.3 is 0 Å². The third-order valence-corrected chi connectivity index (χ3v) is 3.23. The Hall–Kier alpha value is -2.15. The van der Waals surface area contributed by atoms with E-state index in [4.69, 9.17) is 0 Å². The molecule has 0 aliphatic heterocycles. The first-order chi connectivity index (χ1) is 9.24. The summed E-state index contributed by atoms with van der Waals surface area (Å²) >= 11 is 0. The third kappa shape index (κ3) is 3.19. The Balaban J connectivity index is 2.30. The van der Waals surface area contributed by atoms with Gasteiger partial charge in [0.1, 0.15) is 0 Å².